The normalized spacial score (nSPS) is 11.8. The monoisotopic (exact) mass is 278 g/mol. The van der Waals surface area contributed by atoms with Gasteiger partial charge >= 0.3 is 0 Å². The number of H-pyrrole nitrogens is 1. The van der Waals surface area contributed by atoms with Crippen LogP contribution in [-0.4, -0.2) is 18.6 Å². The van der Waals surface area contributed by atoms with Crippen molar-refractivity contribution in [3.8, 4) is 0 Å². The molecule has 8 heteroatoms. The molecule has 0 spiro atoms. The first kappa shape index (κ1) is 11.6. The molecule has 3 rings (SSSR count). The molecule has 2 aromatic heterocycles. The molecule has 19 heavy (non-hydrogen) atoms. The predicted octanol–water partition coefficient (Wildman–Crippen LogP) is 1.54. The average molecular weight is 278 g/mol. The lowest BCUT2D eigenvalue weighted by Crippen LogP contribution is -2.11. The van der Waals surface area contributed by atoms with Gasteiger partial charge in [-0.1, -0.05) is 5.16 Å². The highest BCUT2D eigenvalue weighted by atomic mass is 32.2. The summed E-state index contributed by atoms with van der Waals surface area (Å²) in [6, 6.07) is 5.03. The van der Waals surface area contributed by atoms with Gasteiger partial charge in [0.25, 0.3) is 10.0 Å². The first-order valence-electron chi connectivity index (χ1n) is 5.35. The van der Waals surface area contributed by atoms with Gasteiger partial charge in [-0.2, -0.15) is 0 Å². The maximum atomic E-state index is 12.2. The fraction of sp³-hybridized carbons (Fsp3) is 0. The minimum Gasteiger partial charge on any atom is -0.399 e. The molecule has 7 nitrogen and oxygen atoms in total. The van der Waals surface area contributed by atoms with E-state index >= 15 is 0 Å². The summed E-state index contributed by atoms with van der Waals surface area (Å²) in [6.45, 7) is 0. The summed E-state index contributed by atoms with van der Waals surface area (Å²) in [5.41, 5.74) is 7.13. The number of aromatic nitrogens is 2. The van der Waals surface area contributed by atoms with Crippen molar-refractivity contribution in [2.45, 2.75) is 4.90 Å². The van der Waals surface area contributed by atoms with Crippen molar-refractivity contribution in [3.05, 3.63) is 36.9 Å². The quantitative estimate of drug-likeness (QED) is 0.629. The van der Waals surface area contributed by atoms with Crippen LogP contribution in [0.25, 0.3) is 10.9 Å². The van der Waals surface area contributed by atoms with E-state index in [1.807, 2.05) is 0 Å². The molecule has 0 aliphatic rings. The summed E-state index contributed by atoms with van der Waals surface area (Å²) in [5, 5.41) is 3.97. The number of sulfonamides is 1. The van der Waals surface area contributed by atoms with Crippen LogP contribution in [0.3, 0.4) is 0 Å². The second kappa shape index (κ2) is 4.02. The Morgan fingerprint density at radius 1 is 1.37 bits per heavy atom. The van der Waals surface area contributed by atoms with Crippen LogP contribution in [-0.2, 0) is 10.0 Å². The third-order valence-electron chi connectivity index (χ3n) is 2.64. The Balaban J connectivity index is 2.10. The van der Waals surface area contributed by atoms with Gasteiger partial charge in [-0.3, -0.25) is 4.72 Å². The number of hydrogen-bond donors (Lipinski definition) is 3. The molecule has 0 saturated carbocycles. The number of hydrogen-bond acceptors (Lipinski definition) is 5. The highest BCUT2D eigenvalue weighted by Gasteiger charge is 2.19. The highest BCUT2D eigenvalue weighted by Crippen LogP contribution is 2.26. The molecule has 98 valence electrons. The maximum absolute atomic E-state index is 12.2. The topological polar surface area (TPSA) is 114 Å². The van der Waals surface area contributed by atoms with Gasteiger partial charge in [0.05, 0.1) is 6.20 Å². The standard InChI is InChI=1S/C11H10N4O3S/c12-7-1-2-10-9(3-7)11(5-13-10)19(16,17)15-8-4-14-18-6-8/h1-6,13,15H,12H2. The SMILES string of the molecule is Nc1ccc2[nH]cc(S(=O)(=O)Nc3cnoc3)c2c1. The minimum atomic E-state index is -3.72. The second-order valence-electron chi connectivity index (χ2n) is 3.98. The zero-order valence-electron chi connectivity index (χ0n) is 9.62. The van der Waals surface area contributed by atoms with Gasteiger partial charge in [0.15, 0.2) is 0 Å². The van der Waals surface area contributed by atoms with E-state index in [4.69, 9.17) is 5.73 Å². The molecule has 0 aliphatic carbocycles. The molecule has 0 atom stereocenters. The average Bonchev–Trinajstić information content (AvgIpc) is 2.96. The zero-order chi connectivity index (χ0) is 13.5. The van der Waals surface area contributed by atoms with E-state index in [0.29, 0.717) is 16.6 Å². The van der Waals surface area contributed by atoms with E-state index < -0.39 is 10.0 Å². The summed E-state index contributed by atoms with van der Waals surface area (Å²) in [7, 11) is -3.72. The van der Waals surface area contributed by atoms with E-state index in [2.05, 4.69) is 19.4 Å². The van der Waals surface area contributed by atoms with Gasteiger partial charge in [0, 0.05) is 22.8 Å². The van der Waals surface area contributed by atoms with Crippen LogP contribution < -0.4 is 10.5 Å². The lowest BCUT2D eigenvalue weighted by Gasteiger charge is -2.04. The number of fused-ring (bicyclic) bond motifs is 1. The number of nitrogen functional groups attached to an aromatic ring is 1. The molecule has 3 aromatic rings. The van der Waals surface area contributed by atoms with E-state index in [9.17, 15) is 8.42 Å². The van der Waals surface area contributed by atoms with Crippen molar-refractivity contribution in [2.75, 3.05) is 10.5 Å². The molecule has 0 radical (unpaired) electrons. The Kier molecular flexibility index (Phi) is 2.46. The number of nitrogens with two attached hydrogens (primary N) is 1. The number of rotatable bonds is 3. The Morgan fingerprint density at radius 3 is 2.95 bits per heavy atom. The summed E-state index contributed by atoms with van der Waals surface area (Å²) in [5.74, 6) is 0. The van der Waals surface area contributed by atoms with Gasteiger partial charge < -0.3 is 15.2 Å². The van der Waals surface area contributed by atoms with E-state index in [1.165, 1.54) is 18.7 Å². The van der Waals surface area contributed by atoms with E-state index in [0.717, 1.165) is 0 Å². The third-order valence-corrected chi connectivity index (χ3v) is 4.06. The van der Waals surface area contributed by atoms with Crippen molar-refractivity contribution >= 4 is 32.3 Å². The molecule has 0 aliphatic heterocycles. The van der Waals surface area contributed by atoms with Crippen LogP contribution in [0.1, 0.15) is 0 Å². The summed E-state index contributed by atoms with van der Waals surface area (Å²) < 4.78 is 31.4. The van der Waals surface area contributed by atoms with Gasteiger partial charge in [0.2, 0.25) is 0 Å². The molecular formula is C11H10N4O3S. The molecule has 0 unspecified atom stereocenters. The van der Waals surface area contributed by atoms with Crippen LogP contribution in [0.15, 0.2) is 46.3 Å². The lowest BCUT2D eigenvalue weighted by atomic mass is 10.2. The van der Waals surface area contributed by atoms with Gasteiger partial charge in [-0.25, -0.2) is 8.42 Å². The molecule has 4 N–H and O–H groups in total. The maximum Gasteiger partial charge on any atom is 0.264 e. The Morgan fingerprint density at radius 2 is 2.21 bits per heavy atom. The Bertz CT molecular complexity index is 821. The fourth-order valence-electron chi connectivity index (χ4n) is 1.80. The van der Waals surface area contributed by atoms with Crippen molar-refractivity contribution in [1.82, 2.24) is 10.1 Å². The fourth-order valence-corrected chi connectivity index (χ4v) is 2.99. The van der Waals surface area contributed by atoms with Gasteiger partial charge in [0.1, 0.15) is 16.8 Å². The first-order chi connectivity index (χ1) is 9.06. The smallest absolute Gasteiger partial charge is 0.264 e. The molecule has 0 saturated heterocycles. The summed E-state index contributed by atoms with van der Waals surface area (Å²) in [4.78, 5) is 3.01. The highest BCUT2D eigenvalue weighted by molar-refractivity contribution is 7.93. The van der Waals surface area contributed by atoms with Gasteiger partial charge in [-0.15, -0.1) is 0 Å². The number of benzene rings is 1. The zero-order valence-corrected chi connectivity index (χ0v) is 10.4. The number of nitrogens with zero attached hydrogens (tertiary/aromatic N) is 1. The van der Waals surface area contributed by atoms with E-state index in [-0.39, 0.29) is 10.6 Å². The van der Waals surface area contributed by atoms with Crippen molar-refractivity contribution in [3.63, 3.8) is 0 Å². The number of aromatic amines is 1. The Labute approximate surface area is 108 Å². The van der Waals surface area contributed by atoms with Crippen molar-refractivity contribution < 1.29 is 12.9 Å². The lowest BCUT2D eigenvalue weighted by molar-refractivity contribution is 0.420. The van der Waals surface area contributed by atoms with Crippen LogP contribution in [0, 0.1) is 0 Å². The van der Waals surface area contributed by atoms with Crippen LogP contribution in [0.2, 0.25) is 0 Å². The molecule has 2 heterocycles. The van der Waals surface area contributed by atoms with Crippen LogP contribution >= 0.6 is 0 Å². The van der Waals surface area contributed by atoms with Crippen LogP contribution in [0.4, 0.5) is 11.4 Å². The van der Waals surface area contributed by atoms with Crippen molar-refractivity contribution in [1.29, 1.82) is 0 Å². The number of anilines is 2. The molecular weight excluding hydrogens is 268 g/mol. The van der Waals surface area contributed by atoms with Crippen LogP contribution in [0.5, 0.6) is 0 Å². The predicted molar refractivity (Wildman–Crippen MR) is 70.0 cm³/mol. The van der Waals surface area contributed by atoms with Crippen molar-refractivity contribution in [2.24, 2.45) is 0 Å². The first-order valence-corrected chi connectivity index (χ1v) is 6.83. The number of nitrogens with one attached hydrogen (secondary N) is 2. The third kappa shape index (κ3) is 2.02. The molecule has 0 bridgehead atoms. The molecule has 1 aromatic carbocycles. The largest absolute Gasteiger partial charge is 0.399 e. The van der Waals surface area contributed by atoms with E-state index in [1.54, 1.807) is 18.2 Å². The summed E-state index contributed by atoms with van der Waals surface area (Å²) >= 11 is 0. The van der Waals surface area contributed by atoms with Gasteiger partial charge in [-0.05, 0) is 18.2 Å². The summed E-state index contributed by atoms with van der Waals surface area (Å²) in [6.07, 6.45) is 3.90. The molecule has 0 fully saturated rings. The second-order valence-corrected chi connectivity index (χ2v) is 5.63. The molecule has 0 amide bonds. The minimum absolute atomic E-state index is 0.121. The Hall–Kier alpha value is -2.48.